The van der Waals surface area contributed by atoms with E-state index in [4.69, 9.17) is 10.2 Å². The Balaban J connectivity index is 1.72. The van der Waals surface area contributed by atoms with Crippen LogP contribution in [0, 0.1) is 5.92 Å². The summed E-state index contributed by atoms with van der Waals surface area (Å²) >= 11 is 3.41. The Morgan fingerprint density at radius 1 is 1.38 bits per heavy atom. The van der Waals surface area contributed by atoms with Gasteiger partial charge in [-0.3, -0.25) is 9.59 Å². The highest BCUT2D eigenvalue weighted by molar-refractivity contribution is 9.10. The number of piperidine rings is 1. The zero-order valence-corrected chi connectivity index (χ0v) is 14.8. The summed E-state index contributed by atoms with van der Waals surface area (Å²) < 4.78 is 6.60. The van der Waals surface area contributed by atoms with Crippen molar-refractivity contribution in [3.05, 3.63) is 34.5 Å². The number of rotatable bonds is 4. The van der Waals surface area contributed by atoms with Crippen molar-refractivity contribution < 1.29 is 14.0 Å². The second-order valence-corrected chi connectivity index (χ2v) is 6.88. The number of benzene rings is 1. The summed E-state index contributed by atoms with van der Waals surface area (Å²) in [6, 6.07) is 7.36. The molecule has 1 aliphatic rings. The Hall–Kier alpha value is -1.86. The lowest BCUT2D eigenvalue weighted by atomic mass is 9.97. The van der Waals surface area contributed by atoms with Crippen LogP contribution in [-0.4, -0.2) is 42.9 Å². The molecule has 3 N–H and O–H groups in total. The average molecular weight is 394 g/mol. The van der Waals surface area contributed by atoms with Gasteiger partial charge in [0.2, 0.25) is 5.91 Å². The lowest BCUT2D eigenvalue weighted by molar-refractivity contribution is -0.126. The van der Waals surface area contributed by atoms with Gasteiger partial charge >= 0.3 is 0 Å². The fraction of sp³-hybridized carbons (Fsp3) is 0.412. The van der Waals surface area contributed by atoms with E-state index in [1.165, 1.54) is 0 Å². The van der Waals surface area contributed by atoms with Crippen LogP contribution in [0.4, 0.5) is 0 Å². The summed E-state index contributed by atoms with van der Waals surface area (Å²) in [5.74, 6) is -0.0796. The van der Waals surface area contributed by atoms with Crippen molar-refractivity contribution in [1.82, 2.24) is 10.2 Å². The van der Waals surface area contributed by atoms with Crippen molar-refractivity contribution in [2.45, 2.75) is 12.8 Å². The quantitative estimate of drug-likeness (QED) is 0.832. The second-order valence-electron chi connectivity index (χ2n) is 5.96. The van der Waals surface area contributed by atoms with Gasteiger partial charge in [-0.25, -0.2) is 0 Å². The van der Waals surface area contributed by atoms with Crippen molar-refractivity contribution in [2.24, 2.45) is 11.7 Å². The lowest BCUT2D eigenvalue weighted by Crippen LogP contribution is -2.46. The van der Waals surface area contributed by atoms with Gasteiger partial charge in [0.15, 0.2) is 5.76 Å². The van der Waals surface area contributed by atoms with E-state index in [0.717, 1.165) is 22.7 Å². The van der Waals surface area contributed by atoms with Gasteiger partial charge in [0, 0.05) is 36.0 Å². The Kier molecular flexibility index (Phi) is 5.20. The molecule has 1 unspecified atom stereocenters. The van der Waals surface area contributed by atoms with Crippen molar-refractivity contribution in [3.8, 4) is 0 Å². The van der Waals surface area contributed by atoms with Crippen LogP contribution < -0.4 is 11.1 Å². The molecular weight excluding hydrogens is 374 g/mol. The molecule has 0 aliphatic carbocycles. The van der Waals surface area contributed by atoms with E-state index < -0.39 is 0 Å². The number of fused-ring (bicyclic) bond motifs is 1. The molecule has 1 atom stereocenters. The monoisotopic (exact) mass is 393 g/mol. The predicted octanol–water partition coefficient (Wildman–Crippen LogP) is 2.12. The first-order valence-corrected chi connectivity index (χ1v) is 8.84. The molecular formula is C17H20BrN3O3. The van der Waals surface area contributed by atoms with Crippen LogP contribution in [0.25, 0.3) is 11.0 Å². The van der Waals surface area contributed by atoms with Crippen LogP contribution >= 0.6 is 15.9 Å². The first kappa shape index (κ1) is 17.0. The van der Waals surface area contributed by atoms with Gasteiger partial charge in [0.1, 0.15) is 5.58 Å². The number of likely N-dealkylation sites (tertiary alicyclic amines) is 1. The van der Waals surface area contributed by atoms with Gasteiger partial charge in [-0.1, -0.05) is 15.9 Å². The van der Waals surface area contributed by atoms with E-state index in [-0.39, 0.29) is 17.7 Å². The number of hydrogen-bond acceptors (Lipinski definition) is 4. The van der Waals surface area contributed by atoms with Gasteiger partial charge in [0.25, 0.3) is 5.91 Å². The first-order chi connectivity index (χ1) is 11.6. The van der Waals surface area contributed by atoms with Crippen LogP contribution in [0.15, 0.2) is 33.2 Å². The number of nitrogens with two attached hydrogens (primary N) is 1. The molecule has 1 aliphatic heterocycles. The Morgan fingerprint density at radius 2 is 2.21 bits per heavy atom. The summed E-state index contributed by atoms with van der Waals surface area (Å²) in [7, 11) is 0. The third kappa shape index (κ3) is 3.62. The Morgan fingerprint density at radius 3 is 3.00 bits per heavy atom. The van der Waals surface area contributed by atoms with Crippen LogP contribution in [0.3, 0.4) is 0 Å². The molecule has 7 heteroatoms. The molecule has 3 rings (SSSR count). The molecule has 6 nitrogen and oxygen atoms in total. The van der Waals surface area contributed by atoms with Crippen molar-refractivity contribution in [3.63, 3.8) is 0 Å². The zero-order chi connectivity index (χ0) is 17.1. The van der Waals surface area contributed by atoms with Gasteiger partial charge in [0.05, 0.1) is 5.92 Å². The van der Waals surface area contributed by atoms with Crippen LogP contribution in [0.1, 0.15) is 23.4 Å². The van der Waals surface area contributed by atoms with Gasteiger partial charge in [-0.05, 0) is 37.1 Å². The molecule has 128 valence electrons. The highest BCUT2D eigenvalue weighted by Crippen LogP contribution is 2.25. The van der Waals surface area contributed by atoms with E-state index >= 15 is 0 Å². The summed E-state index contributed by atoms with van der Waals surface area (Å²) in [5.41, 5.74) is 6.09. The molecule has 0 bridgehead atoms. The number of amides is 2. The third-order valence-electron chi connectivity index (χ3n) is 4.21. The largest absolute Gasteiger partial charge is 0.451 e. The van der Waals surface area contributed by atoms with E-state index in [0.29, 0.717) is 37.5 Å². The molecule has 1 aromatic carbocycles. The third-order valence-corrected chi connectivity index (χ3v) is 4.71. The number of nitrogens with one attached hydrogen (secondary N) is 1. The van der Waals surface area contributed by atoms with E-state index in [9.17, 15) is 9.59 Å². The Labute approximate surface area is 148 Å². The second kappa shape index (κ2) is 7.36. The molecule has 0 spiro atoms. The molecule has 1 saturated heterocycles. The van der Waals surface area contributed by atoms with Crippen LogP contribution in [-0.2, 0) is 4.79 Å². The minimum atomic E-state index is -0.187. The Bertz CT molecular complexity index is 759. The molecule has 0 saturated carbocycles. The molecule has 2 aromatic rings. The number of hydrogen-bond donors (Lipinski definition) is 2. The number of carbonyl (C=O) groups is 2. The topological polar surface area (TPSA) is 88.6 Å². The highest BCUT2D eigenvalue weighted by atomic mass is 79.9. The van der Waals surface area contributed by atoms with Crippen molar-refractivity contribution >= 4 is 38.7 Å². The highest BCUT2D eigenvalue weighted by Gasteiger charge is 2.30. The number of carbonyl (C=O) groups excluding carboxylic acids is 2. The van der Waals surface area contributed by atoms with E-state index in [1.54, 1.807) is 11.0 Å². The SMILES string of the molecule is NCCNC(=O)C1CCCN(C(=O)c2cc3cc(Br)ccc3o2)C1. The molecule has 2 amide bonds. The maximum atomic E-state index is 12.7. The number of halogens is 1. The van der Waals surface area contributed by atoms with Crippen LogP contribution in [0.5, 0.6) is 0 Å². The minimum absolute atomic E-state index is 0.0357. The first-order valence-electron chi connectivity index (χ1n) is 8.04. The average Bonchev–Trinajstić information content (AvgIpc) is 3.02. The van der Waals surface area contributed by atoms with Gasteiger partial charge < -0.3 is 20.4 Å². The molecule has 1 fully saturated rings. The predicted molar refractivity (Wildman–Crippen MR) is 94.6 cm³/mol. The van der Waals surface area contributed by atoms with Crippen molar-refractivity contribution in [1.29, 1.82) is 0 Å². The lowest BCUT2D eigenvalue weighted by Gasteiger charge is -2.31. The summed E-state index contributed by atoms with van der Waals surface area (Å²) in [5, 5.41) is 3.68. The molecule has 2 heterocycles. The fourth-order valence-corrected chi connectivity index (χ4v) is 3.37. The normalized spacial score (nSPS) is 17.9. The van der Waals surface area contributed by atoms with Gasteiger partial charge in [-0.2, -0.15) is 0 Å². The van der Waals surface area contributed by atoms with E-state index in [1.807, 2.05) is 18.2 Å². The fourth-order valence-electron chi connectivity index (χ4n) is 2.99. The maximum Gasteiger partial charge on any atom is 0.289 e. The standard InChI is InChI=1S/C17H20BrN3O3/c18-13-3-4-14-12(8-13)9-15(24-14)17(23)21-7-1-2-11(10-21)16(22)20-6-5-19/h3-4,8-9,11H,1-2,5-7,10,19H2,(H,20,22). The maximum absolute atomic E-state index is 12.7. The summed E-state index contributed by atoms with van der Waals surface area (Å²) in [4.78, 5) is 26.5. The summed E-state index contributed by atoms with van der Waals surface area (Å²) in [6.45, 7) is 1.92. The molecule has 0 radical (unpaired) electrons. The number of nitrogens with zero attached hydrogens (tertiary/aromatic N) is 1. The van der Waals surface area contributed by atoms with Crippen molar-refractivity contribution in [2.75, 3.05) is 26.2 Å². The molecule has 1 aromatic heterocycles. The smallest absolute Gasteiger partial charge is 0.289 e. The van der Waals surface area contributed by atoms with Crippen LogP contribution in [0.2, 0.25) is 0 Å². The van der Waals surface area contributed by atoms with Gasteiger partial charge in [-0.15, -0.1) is 0 Å². The zero-order valence-electron chi connectivity index (χ0n) is 13.3. The summed E-state index contributed by atoms with van der Waals surface area (Å²) in [6.07, 6.45) is 1.59. The minimum Gasteiger partial charge on any atom is -0.451 e. The molecule has 24 heavy (non-hydrogen) atoms. The van der Waals surface area contributed by atoms with E-state index in [2.05, 4.69) is 21.2 Å². The number of furan rings is 1.